The molecule has 0 aliphatic rings. The molecular weight excluding hydrogens is 613 g/mol. The minimum absolute atomic E-state index is 0.0558. The number of sulfonamides is 1. The number of carbonyl (C=O) groups excluding carboxylic acids is 1. The van der Waals surface area contributed by atoms with Crippen molar-refractivity contribution in [1.82, 2.24) is 4.72 Å². The number of rotatable bonds is 12. The van der Waals surface area contributed by atoms with Gasteiger partial charge in [0.05, 0.1) is 4.90 Å². The first-order valence-corrected chi connectivity index (χ1v) is 15.7. The van der Waals surface area contributed by atoms with E-state index in [1.165, 1.54) is 48.5 Å². The second-order valence-electron chi connectivity index (χ2n) is 8.84. The van der Waals surface area contributed by atoms with Gasteiger partial charge < -0.3 is 19.5 Å². The van der Waals surface area contributed by atoms with E-state index in [1.54, 1.807) is 54.6 Å². The topological polar surface area (TPSA) is 131 Å². The Morgan fingerprint density at radius 1 is 0.881 bits per heavy atom. The minimum atomic E-state index is -5.18. The van der Waals surface area contributed by atoms with Crippen molar-refractivity contribution in [2.75, 3.05) is 5.32 Å². The number of benzene rings is 4. The Morgan fingerprint density at radius 3 is 2.14 bits per heavy atom. The Kier molecular flexibility index (Phi) is 9.97. The molecule has 2 atom stereocenters. The van der Waals surface area contributed by atoms with E-state index in [1.807, 2.05) is 0 Å². The van der Waals surface area contributed by atoms with Crippen molar-refractivity contribution >= 4 is 40.8 Å². The number of alkyl halides is 2. The molecule has 42 heavy (non-hydrogen) atoms. The standard InChI is InChI=1S/C28H24ClF2N2O7PS/c29-20-5-4-6-24(18-20)39-22-15-11-21(12-16-22)32-27(34)26(33-42(37,38)25-7-2-1-3-8-25)17-19-9-13-23(14-10-19)40-41(35,36)28(30)31/h1-16,18,26,28,33H,17H2,(H,32,34)(H,35,36)/t26-/m0/s1. The predicted octanol–water partition coefficient (Wildman–Crippen LogP) is 6.45. The number of ether oxygens (including phenoxy) is 1. The Labute approximate surface area is 245 Å². The van der Waals surface area contributed by atoms with Crippen LogP contribution in [0, 0.1) is 0 Å². The normalized spacial score (nSPS) is 13.6. The molecule has 0 aliphatic carbocycles. The van der Waals surface area contributed by atoms with Crippen LogP contribution in [0.25, 0.3) is 0 Å². The molecule has 0 saturated carbocycles. The Morgan fingerprint density at radius 2 is 1.52 bits per heavy atom. The largest absolute Gasteiger partial charge is 0.457 e. The molecule has 0 radical (unpaired) electrons. The molecule has 0 spiro atoms. The van der Waals surface area contributed by atoms with E-state index in [-0.39, 0.29) is 17.1 Å². The fourth-order valence-electron chi connectivity index (χ4n) is 3.66. The minimum Gasteiger partial charge on any atom is -0.457 e. The van der Waals surface area contributed by atoms with Crippen molar-refractivity contribution in [1.29, 1.82) is 0 Å². The smallest absolute Gasteiger partial charge is 0.442 e. The third kappa shape index (κ3) is 8.60. The highest BCUT2D eigenvalue weighted by molar-refractivity contribution is 7.89. The van der Waals surface area contributed by atoms with Crippen molar-refractivity contribution in [3.63, 3.8) is 0 Å². The number of hydrogen-bond donors (Lipinski definition) is 3. The van der Waals surface area contributed by atoms with Crippen molar-refractivity contribution in [2.45, 2.75) is 23.5 Å². The van der Waals surface area contributed by atoms with Gasteiger partial charge in [-0.2, -0.15) is 13.5 Å². The van der Waals surface area contributed by atoms with Gasteiger partial charge in [0.2, 0.25) is 15.9 Å². The average Bonchev–Trinajstić information content (AvgIpc) is 2.95. The number of carbonyl (C=O) groups is 1. The molecular formula is C28H24ClF2N2O7PS. The third-order valence-corrected chi connectivity index (χ3v) is 8.36. The first kappa shape index (κ1) is 31.1. The molecule has 1 unspecified atom stereocenters. The lowest BCUT2D eigenvalue weighted by atomic mass is 10.1. The summed E-state index contributed by atoms with van der Waals surface area (Å²) in [5.74, 6) is 0.00649. The number of nitrogens with one attached hydrogen (secondary N) is 2. The van der Waals surface area contributed by atoms with Crippen LogP contribution in [0.1, 0.15) is 5.56 Å². The second-order valence-corrected chi connectivity index (χ2v) is 12.7. The number of anilines is 1. The van der Waals surface area contributed by atoms with Crippen molar-refractivity contribution < 1.29 is 40.7 Å². The molecule has 220 valence electrons. The van der Waals surface area contributed by atoms with E-state index in [2.05, 4.69) is 14.6 Å². The monoisotopic (exact) mass is 636 g/mol. The summed E-state index contributed by atoms with van der Waals surface area (Å²) in [6.07, 6.45) is -3.74. The van der Waals surface area contributed by atoms with Gasteiger partial charge in [-0.05, 0) is 78.7 Å². The van der Waals surface area contributed by atoms with Gasteiger partial charge in [0.25, 0.3) is 0 Å². The van der Waals surface area contributed by atoms with Crippen molar-refractivity contribution in [3.05, 3.63) is 114 Å². The van der Waals surface area contributed by atoms with E-state index in [9.17, 15) is 31.5 Å². The maximum absolute atomic E-state index is 13.3. The number of amides is 1. The summed E-state index contributed by atoms with van der Waals surface area (Å²) in [5.41, 5.74) is 0.769. The summed E-state index contributed by atoms with van der Waals surface area (Å²) in [4.78, 5) is 22.5. The molecule has 0 saturated heterocycles. The lowest BCUT2D eigenvalue weighted by molar-refractivity contribution is -0.117. The number of hydrogen-bond acceptors (Lipinski definition) is 6. The van der Waals surface area contributed by atoms with Crippen LogP contribution >= 0.6 is 19.2 Å². The van der Waals surface area contributed by atoms with Crippen LogP contribution in [0.2, 0.25) is 5.02 Å². The van der Waals surface area contributed by atoms with Gasteiger partial charge in [-0.3, -0.25) is 4.79 Å². The van der Waals surface area contributed by atoms with Crippen LogP contribution in [0.15, 0.2) is 108 Å². The lowest BCUT2D eigenvalue weighted by Crippen LogP contribution is -2.45. The summed E-state index contributed by atoms with van der Waals surface area (Å²) in [6.45, 7) is 0. The van der Waals surface area contributed by atoms with E-state index < -0.39 is 35.7 Å². The predicted molar refractivity (Wildman–Crippen MR) is 154 cm³/mol. The second kappa shape index (κ2) is 13.5. The first-order chi connectivity index (χ1) is 19.9. The summed E-state index contributed by atoms with van der Waals surface area (Å²) in [7, 11) is -9.30. The Hall–Kier alpha value is -3.80. The fraction of sp³-hybridized carbons (Fsp3) is 0.107. The first-order valence-electron chi connectivity index (χ1n) is 12.2. The van der Waals surface area contributed by atoms with E-state index in [0.717, 1.165) is 0 Å². The Bertz CT molecular complexity index is 1680. The van der Waals surface area contributed by atoms with E-state index in [4.69, 9.17) is 16.3 Å². The van der Waals surface area contributed by atoms with Gasteiger partial charge in [0.1, 0.15) is 23.3 Å². The molecule has 3 N–H and O–H groups in total. The van der Waals surface area contributed by atoms with Gasteiger partial charge in [-0.15, -0.1) is 0 Å². The zero-order chi connectivity index (χ0) is 30.3. The highest BCUT2D eigenvalue weighted by Crippen LogP contribution is 2.48. The summed E-state index contributed by atoms with van der Waals surface area (Å²) >= 11 is 5.98. The summed E-state index contributed by atoms with van der Waals surface area (Å²) < 4.78 is 75.6. The molecule has 0 bridgehead atoms. The van der Waals surface area contributed by atoms with Gasteiger partial charge >= 0.3 is 13.8 Å². The van der Waals surface area contributed by atoms with Crippen LogP contribution < -0.4 is 19.3 Å². The van der Waals surface area contributed by atoms with Crippen molar-refractivity contribution in [2.24, 2.45) is 0 Å². The highest BCUT2D eigenvalue weighted by Gasteiger charge is 2.34. The van der Waals surface area contributed by atoms with Crippen LogP contribution in [0.3, 0.4) is 0 Å². The molecule has 0 aliphatic heterocycles. The lowest BCUT2D eigenvalue weighted by Gasteiger charge is -2.19. The van der Waals surface area contributed by atoms with Gasteiger partial charge in [0.15, 0.2) is 0 Å². The van der Waals surface area contributed by atoms with E-state index in [0.29, 0.717) is 27.8 Å². The summed E-state index contributed by atoms with van der Waals surface area (Å²) in [5, 5.41) is 3.17. The fourth-order valence-corrected chi connectivity index (χ4v) is 5.56. The Balaban J connectivity index is 1.51. The molecule has 14 heteroatoms. The zero-order valence-corrected chi connectivity index (χ0v) is 24.0. The maximum atomic E-state index is 13.3. The molecule has 4 rings (SSSR count). The highest BCUT2D eigenvalue weighted by atomic mass is 35.5. The van der Waals surface area contributed by atoms with Crippen LogP contribution in [-0.4, -0.2) is 31.4 Å². The van der Waals surface area contributed by atoms with E-state index >= 15 is 0 Å². The average molecular weight is 637 g/mol. The number of halogens is 3. The summed E-state index contributed by atoms with van der Waals surface area (Å²) in [6, 6.07) is 24.4. The molecule has 0 heterocycles. The zero-order valence-electron chi connectivity index (χ0n) is 21.6. The van der Waals surface area contributed by atoms with Gasteiger partial charge in [-0.1, -0.05) is 48.0 Å². The molecule has 0 aromatic heterocycles. The molecule has 9 nitrogen and oxygen atoms in total. The third-order valence-electron chi connectivity index (χ3n) is 5.67. The SMILES string of the molecule is O=C(Nc1ccc(Oc2cccc(Cl)c2)cc1)[C@H](Cc1ccc(OP(=O)(O)C(F)F)cc1)NS(=O)(=O)c1ccccc1. The van der Waals surface area contributed by atoms with Crippen LogP contribution in [0.4, 0.5) is 14.5 Å². The van der Waals surface area contributed by atoms with Gasteiger partial charge in [0, 0.05) is 10.7 Å². The van der Waals surface area contributed by atoms with Crippen molar-refractivity contribution in [3.8, 4) is 17.2 Å². The van der Waals surface area contributed by atoms with Crippen LogP contribution in [-0.2, 0) is 25.8 Å². The maximum Gasteiger partial charge on any atom is 0.442 e. The molecule has 1 amide bonds. The quantitative estimate of drug-likeness (QED) is 0.152. The molecule has 0 fully saturated rings. The van der Waals surface area contributed by atoms with Gasteiger partial charge in [-0.25, -0.2) is 13.0 Å². The van der Waals surface area contributed by atoms with Crippen LogP contribution in [0.5, 0.6) is 17.2 Å². The molecule has 4 aromatic rings. The molecule has 4 aromatic carbocycles.